The van der Waals surface area contributed by atoms with Crippen molar-refractivity contribution < 1.29 is 27.5 Å². The molecule has 0 aliphatic carbocycles. The predicted molar refractivity (Wildman–Crippen MR) is 98.9 cm³/mol. The minimum atomic E-state index is -4.03. The molecule has 1 heterocycles. The molecule has 8 nitrogen and oxygen atoms in total. The Balaban J connectivity index is 1.95. The van der Waals surface area contributed by atoms with Gasteiger partial charge in [0.05, 0.1) is 29.6 Å². The Kier molecular flexibility index (Phi) is 5.57. The number of hydrogen-bond donors (Lipinski definition) is 1. The summed E-state index contributed by atoms with van der Waals surface area (Å²) in [4.78, 5) is 35.0. The molecular formula is C19H18N2O6S. The summed E-state index contributed by atoms with van der Waals surface area (Å²) in [6, 6.07) is 12.7. The van der Waals surface area contributed by atoms with E-state index in [-0.39, 0.29) is 35.5 Å². The summed E-state index contributed by atoms with van der Waals surface area (Å²) >= 11 is 0. The van der Waals surface area contributed by atoms with Crippen molar-refractivity contribution >= 4 is 27.8 Å². The van der Waals surface area contributed by atoms with Crippen molar-refractivity contribution in [3.63, 3.8) is 0 Å². The van der Waals surface area contributed by atoms with E-state index in [0.717, 1.165) is 9.87 Å². The van der Waals surface area contributed by atoms with Gasteiger partial charge >= 0.3 is 5.97 Å². The highest BCUT2D eigenvalue weighted by Crippen LogP contribution is 2.24. The number of amides is 2. The van der Waals surface area contributed by atoms with E-state index in [9.17, 15) is 22.8 Å². The van der Waals surface area contributed by atoms with E-state index in [1.54, 1.807) is 24.3 Å². The Hall–Kier alpha value is -3.04. The van der Waals surface area contributed by atoms with Crippen LogP contribution in [0.3, 0.4) is 0 Å². The number of benzene rings is 2. The van der Waals surface area contributed by atoms with Gasteiger partial charge in [0, 0.05) is 13.1 Å². The average molecular weight is 402 g/mol. The smallest absolute Gasteiger partial charge is 0.306 e. The fourth-order valence-electron chi connectivity index (χ4n) is 2.85. The van der Waals surface area contributed by atoms with Crippen LogP contribution in [-0.2, 0) is 26.1 Å². The largest absolute Gasteiger partial charge is 0.469 e. The van der Waals surface area contributed by atoms with E-state index in [2.05, 4.69) is 10.1 Å². The van der Waals surface area contributed by atoms with Gasteiger partial charge in [-0.05, 0) is 23.8 Å². The zero-order valence-electron chi connectivity index (χ0n) is 15.0. The highest BCUT2D eigenvalue weighted by Gasteiger charge is 2.31. The molecule has 1 N–H and O–H groups in total. The maximum atomic E-state index is 13.2. The zero-order valence-corrected chi connectivity index (χ0v) is 15.9. The number of hydrogen-bond acceptors (Lipinski definition) is 6. The molecule has 0 bridgehead atoms. The summed E-state index contributed by atoms with van der Waals surface area (Å²) in [5.74, 6) is -1.73. The molecule has 0 saturated carbocycles. The molecule has 2 aromatic carbocycles. The molecule has 0 atom stereocenters. The van der Waals surface area contributed by atoms with Crippen LogP contribution in [0.15, 0.2) is 53.4 Å². The van der Waals surface area contributed by atoms with Gasteiger partial charge in [-0.15, -0.1) is 0 Å². The molecule has 0 saturated heterocycles. The van der Waals surface area contributed by atoms with Gasteiger partial charge in [-0.3, -0.25) is 19.7 Å². The van der Waals surface area contributed by atoms with E-state index in [4.69, 9.17) is 0 Å². The number of carbonyl (C=O) groups is 3. The van der Waals surface area contributed by atoms with Crippen molar-refractivity contribution in [3.8, 4) is 0 Å². The average Bonchev–Trinajstić information content (AvgIpc) is 2.98. The van der Waals surface area contributed by atoms with Crippen LogP contribution in [0.25, 0.3) is 0 Å². The number of rotatable bonds is 7. The Morgan fingerprint density at radius 1 is 1.04 bits per heavy atom. The normalized spacial score (nSPS) is 13.4. The molecule has 2 amide bonds. The zero-order chi connectivity index (χ0) is 20.3. The van der Waals surface area contributed by atoms with Crippen LogP contribution in [0, 0.1) is 0 Å². The third kappa shape index (κ3) is 3.95. The summed E-state index contributed by atoms with van der Waals surface area (Å²) in [6.45, 7) is -0.0471. The lowest BCUT2D eigenvalue weighted by atomic mass is 10.1. The third-order valence-corrected chi connectivity index (χ3v) is 6.18. The number of nitrogens with one attached hydrogen (secondary N) is 1. The first kappa shape index (κ1) is 19.7. The second-order valence-corrected chi connectivity index (χ2v) is 8.08. The molecule has 0 radical (unpaired) electrons. The van der Waals surface area contributed by atoms with E-state index in [0.29, 0.717) is 0 Å². The van der Waals surface area contributed by atoms with Crippen molar-refractivity contribution in [1.82, 2.24) is 9.62 Å². The van der Waals surface area contributed by atoms with Crippen LogP contribution in [0.5, 0.6) is 0 Å². The summed E-state index contributed by atoms with van der Waals surface area (Å²) in [6.07, 6.45) is -0.119. The van der Waals surface area contributed by atoms with Crippen LogP contribution in [-0.4, -0.2) is 44.2 Å². The van der Waals surface area contributed by atoms with Crippen molar-refractivity contribution in [3.05, 3.63) is 65.2 Å². The summed E-state index contributed by atoms with van der Waals surface area (Å²) in [5, 5.41) is 2.13. The Bertz CT molecular complexity index is 1030. The van der Waals surface area contributed by atoms with Gasteiger partial charge in [0.25, 0.3) is 11.8 Å². The fraction of sp³-hybridized carbons (Fsp3) is 0.211. The molecule has 9 heteroatoms. The lowest BCUT2D eigenvalue weighted by Gasteiger charge is -2.22. The minimum absolute atomic E-state index is 0.0127. The quantitative estimate of drug-likeness (QED) is 0.553. The highest BCUT2D eigenvalue weighted by atomic mass is 32.2. The summed E-state index contributed by atoms with van der Waals surface area (Å²) in [5.41, 5.74) is 0.886. The number of carbonyl (C=O) groups excluding carboxylic acids is 3. The molecule has 3 rings (SSSR count). The van der Waals surface area contributed by atoms with Crippen LogP contribution >= 0.6 is 0 Å². The molecular weight excluding hydrogens is 384 g/mol. The summed E-state index contributed by atoms with van der Waals surface area (Å²) < 4.78 is 32.1. The molecule has 1 aliphatic heterocycles. The van der Waals surface area contributed by atoms with Crippen LogP contribution in [0.2, 0.25) is 0 Å². The van der Waals surface area contributed by atoms with Crippen LogP contribution < -0.4 is 5.32 Å². The molecule has 0 unspecified atom stereocenters. The van der Waals surface area contributed by atoms with Crippen LogP contribution in [0.1, 0.15) is 32.7 Å². The molecule has 28 heavy (non-hydrogen) atoms. The minimum Gasteiger partial charge on any atom is -0.469 e. The van der Waals surface area contributed by atoms with Crippen molar-refractivity contribution in [2.75, 3.05) is 13.7 Å². The Morgan fingerprint density at radius 3 is 2.39 bits per heavy atom. The lowest BCUT2D eigenvalue weighted by Crippen LogP contribution is -2.33. The molecule has 0 fully saturated rings. The maximum Gasteiger partial charge on any atom is 0.306 e. The van der Waals surface area contributed by atoms with E-state index in [1.165, 1.54) is 25.3 Å². The number of methoxy groups -OCH3 is 1. The van der Waals surface area contributed by atoms with Crippen molar-refractivity contribution in [2.24, 2.45) is 0 Å². The first-order chi connectivity index (χ1) is 13.3. The fourth-order valence-corrected chi connectivity index (χ4v) is 4.30. The lowest BCUT2D eigenvalue weighted by molar-refractivity contribution is -0.140. The second kappa shape index (κ2) is 7.91. The second-order valence-electron chi connectivity index (χ2n) is 6.14. The van der Waals surface area contributed by atoms with Crippen molar-refractivity contribution in [1.29, 1.82) is 0 Å². The highest BCUT2D eigenvalue weighted by molar-refractivity contribution is 7.89. The number of sulfonamides is 1. The number of nitrogens with zero attached hydrogens (tertiary/aromatic N) is 1. The van der Waals surface area contributed by atoms with Gasteiger partial charge in [0.1, 0.15) is 0 Å². The number of esters is 1. The Labute approximate surface area is 162 Å². The number of imide groups is 1. The van der Waals surface area contributed by atoms with Gasteiger partial charge in [0.2, 0.25) is 10.0 Å². The van der Waals surface area contributed by atoms with Gasteiger partial charge < -0.3 is 4.74 Å². The molecule has 1 aliphatic rings. The van der Waals surface area contributed by atoms with E-state index in [1.807, 2.05) is 6.07 Å². The molecule has 0 spiro atoms. The van der Waals surface area contributed by atoms with Gasteiger partial charge in [0.15, 0.2) is 0 Å². The van der Waals surface area contributed by atoms with Crippen molar-refractivity contribution in [2.45, 2.75) is 17.9 Å². The van der Waals surface area contributed by atoms with Gasteiger partial charge in [-0.1, -0.05) is 30.3 Å². The monoisotopic (exact) mass is 402 g/mol. The number of ether oxygens (including phenoxy) is 1. The molecule has 2 aromatic rings. The summed E-state index contributed by atoms with van der Waals surface area (Å²) in [7, 11) is -2.80. The topological polar surface area (TPSA) is 110 Å². The van der Waals surface area contributed by atoms with E-state index >= 15 is 0 Å². The number of fused-ring (bicyclic) bond motifs is 1. The SMILES string of the molecule is COC(=O)CCN(Cc1ccccc1)S(=O)(=O)c1ccc2c(c1)C(=O)NC2=O. The van der Waals surface area contributed by atoms with Gasteiger partial charge in [-0.2, -0.15) is 4.31 Å². The first-order valence-corrected chi connectivity index (χ1v) is 9.87. The Morgan fingerprint density at radius 2 is 1.71 bits per heavy atom. The maximum absolute atomic E-state index is 13.2. The van der Waals surface area contributed by atoms with Crippen LogP contribution in [0.4, 0.5) is 0 Å². The third-order valence-electron chi connectivity index (χ3n) is 4.34. The first-order valence-electron chi connectivity index (χ1n) is 8.43. The molecule has 146 valence electrons. The van der Waals surface area contributed by atoms with Gasteiger partial charge in [-0.25, -0.2) is 8.42 Å². The molecule has 0 aromatic heterocycles. The predicted octanol–water partition coefficient (Wildman–Crippen LogP) is 1.32. The standard InChI is InChI=1S/C19H18N2O6S/c1-27-17(22)9-10-21(12-13-5-3-2-4-6-13)28(25,26)14-7-8-15-16(11-14)19(24)20-18(15)23/h2-8,11H,9-10,12H2,1H3,(H,20,23,24). The van der Waals surface area contributed by atoms with E-state index < -0.39 is 27.8 Å².